The topological polar surface area (TPSA) is 45.4 Å². The second kappa shape index (κ2) is 6.31. The number of fused-ring (bicyclic) bond motifs is 1. The summed E-state index contributed by atoms with van der Waals surface area (Å²) in [4.78, 5) is 9.20. The molecule has 4 heteroatoms. The second-order valence-electron chi connectivity index (χ2n) is 5.88. The first kappa shape index (κ1) is 15.6. The van der Waals surface area contributed by atoms with Crippen LogP contribution in [-0.4, -0.2) is 39.7 Å². The highest BCUT2D eigenvalue weighted by atomic mass is 15.1. The van der Waals surface area contributed by atoms with Crippen LogP contribution in [0.4, 0.5) is 11.4 Å². The Hall–Kier alpha value is -1.81. The number of rotatable bonds is 5. The number of nitrogens with zero attached hydrogens (tertiary/aromatic N) is 3. The zero-order valence-corrected chi connectivity index (χ0v) is 13.8. The molecule has 2 aromatic rings. The van der Waals surface area contributed by atoms with Crippen molar-refractivity contribution in [3.63, 3.8) is 0 Å². The highest BCUT2D eigenvalue weighted by Crippen LogP contribution is 2.35. The molecule has 0 saturated heterocycles. The minimum Gasteiger partial charge on any atom is -0.377 e. The number of aromatic nitrogens is 1. The summed E-state index contributed by atoms with van der Waals surface area (Å²) < 4.78 is 0. The largest absolute Gasteiger partial charge is 0.377 e. The van der Waals surface area contributed by atoms with E-state index in [2.05, 4.69) is 63.1 Å². The standard InChI is InChI=1S/C17H26N4/c1-12-13(9-7-11-18)17(21(4)5)14-8-6-10-15(20(2)3)16(14)19-12/h6,8,10H,7,9,11,18H2,1-5H3. The Bertz CT molecular complexity index is 632. The lowest BCUT2D eigenvalue weighted by Crippen LogP contribution is -2.16. The molecule has 1 aromatic carbocycles. The van der Waals surface area contributed by atoms with Crippen LogP contribution >= 0.6 is 0 Å². The molecule has 2 rings (SSSR count). The number of hydrogen-bond donors (Lipinski definition) is 1. The Morgan fingerprint density at radius 3 is 2.38 bits per heavy atom. The van der Waals surface area contributed by atoms with Gasteiger partial charge in [-0.2, -0.15) is 0 Å². The van der Waals surface area contributed by atoms with Crippen molar-refractivity contribution in [2.24, 2.45) is 5.73 Å². The number of anilines is 2. The predicted octanol–water partition coefficient (Wildman–Crippen LogP) is 2.57. The van der Waals surface area contributed by atoms with Crippen LogP contribution < -0.4 is 15.5 Å². The van der Waals surface area contributed by atoms with Gasteiger partial charge in [0, 0.05) is 39.3 Å². The molecule has 0 aliphatic carbocycles. The smallest absolute Gasteiger partial charge is 0.0959 e. The van der Waals surface area contributed by atoms with E-state index in [1.807, 2.05) is 0 Å². The normalized spacial score (nSPS) is 11.0. The fourth-order valence-corrected chi connectivity index (χ4v) is 2.86. The molecule has 0 fully saturated rings. The SMILES string of the molecule is Cc1nc2c(N(C)C)cccc2c(N(C)C)c1CCCN. The Morgan fingerprint density at radius 1 is 1.10 bits per heavy atom. The molecule has 0 amide bonds. The Labute approximate surface area is 127 Å². The lowest BCUT2D eigenvalue weighted by molar-refractivity contribution is 0.820. The van der Waals surface area contributed by atoms with E-state index in [0.717, 1.165) is 29.7 Å². The third-order valence-corrected chi connectivity index (χ3v) is 3.83. The Morgan fingerprint density at radius 2 is 1.81 bits per heavy atom. The lowest BCUT2D eigenvalue weighted by atomic mass is 10.0. The van der Waals surface area contributed by atoms with Gasteiger partial charge in [-0.15, -0.1) is 0 Å². The van der Waals surface area contributed by atoms with Gasteiger partial charge in [0.15, 0.2) is 0 Å². The summed E-state index contributed by atoms with van der Waals surface area (Å²) in [6, 6.07) is 6.39. The molecule has 0 bridgehead atoms. The van der Waals surface area contributed by atoms with Gasteiger partial charge in [-0.05, 0) is 37.9 Å². The minimum atomic E-state index is 0.710. The summed E-state index contributed by atoms with van der Waals surface area (Å²) in [5, 5.41) is 1.21. The van der Waals surface area contributed by atoms with E-state index in [9.17, 15) is 0 Å². The van der Waals surface area contributed by atoms with Crippen molar-refractivity contribution in [1.29, 1.82) is 0 Å². The van der Waals surface area contributed by atoms with Gasteiger partial charge in [-0.1, -0.05) is 12.1 Å². The van der Waals surface area contributed by atoms with Crippen LogP contribution in [0.3, 0.4) is 0 Å². The Kier molecular flexibility index (Phi) is 4.68. The first-order chi connectivity index (χ1) is 9.97. The van der Waals surface area contributed by atoms with Crippen molar-refractivity contribution >= 4 is 22.3 Å². The van der Waals surface area contributed by atoms with Gasteiger partial charge in [0.05, 0.1) is 16.9 Å². The van der Waals surface area contributed by atoms with Crippen LogP contribution in [-0.2, 0) is 6.42 Å². The van der Waals surface area contributed by atoms with Crippen LogP contribution in [0.15, 0.2) is 18.2 Å². The van der Waals surface area contributed by atoms with E-state index in [0.29, 0.717) is 6.54 Å². The summed E-state index contributed by atoms with van der Waals surface area (Å²) in [5.41, 5.74) is 11.6. The van der Waals surface area contributed by atoms with E-state index < -0.39 is 0 Å². The quantitative estimate of drug-likeness (QED) is 0.917. The van der Waals surface area contributed by atoms with Gasteiger partial charge < -0.3 is 15.5 Å². The highest BCUT2D eigenvalue weighted by Gasteiger charge is 2.16. The molecule has 0 unspecified atom stereocenters. The summed E-state index contributed by atoms with van der Waals surface area (Å²) >= 11 is 0. The zero-order valence-electron chi connectivity index (χ0n) is 13.8. The van der Waals surface area contributed by atoms with E-state index in [1.165, 1.54) is 16.6 Å². The van der Waals surface area contributed by atoms with Crippen molar-refractivity contribution in [2.75, 3.05) is 44.5 Å². The maximum atomic E-state index is 5.69. The van der Waals surface area contributed by atoms with Crippen molar-refractivity contribution < 1.29 is 0 Å². The monoisotopic (exact) mass is 286 g/mol. The first-order valence-corrected chi connectivity index (χ1v) is 7.44. The molecular weight excluding hydrogens is 260 g/mol. The van der Waals surface area contributed by atoms with Gasteiger partial charge in [0.25, 0.3) is 0 Å². The molecular formula is C17H26N4. The van der Waals surface area contributed by atoms with Crippen LogP contribution in [0.5, 0.6) is 0 Å². The van der Waals surface area contributed by atoms with E-state index in [1.54, 1.807) is 0 Å². The van der Waals surface area contributed by atoms with Gasteiger partial charge in [-0.25, -0.2) is 0 Å². The van der Waals surface area contributed by atoms with Crippen molar-refractivity contribution in [3.8, 4) is 0 Å². The number of para-hydroxylation sites is 1. The van der Waals surface area contributed by atoms with Gasteiger partial charge >= 0.3 is 0 Å². The van der Waals surface area contributed by atoms with E-state index in [-0.39, 0.29) is 0 Å². The average Bonchev–Trinajstić information content (AvgIpc) is 2.43. The molecule has 0 saturated carbocycles. The average molecular weight is 286 g/mol. The fraction of sp³-hybridized carbons (Fsp3) is 0.471. The molecule has 1 aromatic heterocycles. The second-order valence-corrected chi connectivity index (χ2v) is 5.88. The van der Waals surface area contributed by atoms with E-state index >= 15 is 0 Å². The maximum Gasteiger partial charge on any atom is 0.0959 e. The number of nitrogens with two attached hydrogens (primary N) is 1. The summed E-state index contributed by atoms with van der Waals surface area (Å²) in [6.45, 7) is 2.81. The summed E-state index contributed by atoms with van der Waals surface area (Å²) in [5.74, 6) is 0. The van der Waals surface area contributed by atoms with Crippen LogP contribution in [0.1, 0.15) is 17.7 Å². The van der Waals surface area contributed by atoms with Crippen LogP contribution in [0.2, 0.25) is 0 Å². The van der Waals surface area contributed by atoms with Gasteiger partial charge in [0.2, 0.25) is 0 Å². The Balaban J connectivity index is 2.76. The fourth-order valence-electron chi connectivity index (χ4n) is 2.86. The number of aryl methyl sites for hydroxylation is 1. The molecule has 4 nitrogen and oxygen atoms in total. The van der Waals surface area contributed by atoms with Gasteiger partial charge in [-0.3, -0.25) is 4.98 Å². The number of pyridine rings is 1. The number of benzene rings is 1. The predicted molar refractivity (Wildman–Crippen MR) is 92.5 cm³/mol. The molecule has 21 heavy (non-hydrogen) atoms. The molecule has 2 N–H and O–H groups in total. The maximum absolute atomic E-state index is 5.69. The molecule has 114 valence electrons. The third kappa shape index (κ3) is 2.95. The molecule has 1 heterocycles. The lowest BCUT2D eigenvalue weighted by Gasteiger charge is -2.24. The van der Waals surface area contributed by atoms with Crippen molar-refractivity contribution in [1.82, 2.24) is 4.98 Å². The zero-order chi connectivity index (χ0) is 15.6. The highest BCUT2D eigenvalue weighted by molar-refractivity contribution is 6.00. The molecule has 0 atom stereocenters. The molecule has 0 spiro atoms. The molecule has 0 radical (unpaired) electrons. The molecule has 0 aliphatic heterocycles. The van der Waals surface area contributed by atoms with Crippen molar-refractivity contribution in [2.45, 2.75) is 19.8 Å². The minimum absolute atomic E-state index is 0.710. The van der Waals surface area contributed by atoms with Gasteiger partial charge in [0.1, 0.15) is 0 Å². The number of hydrogen-bond acceptors (Lipinski definition) is 4. The van der Waals surface area contributed by atoms with Crippen LogP contribution in [0.25, 0.3) is 10.9 Å². The van der Waals surface area contributed by atoms with Crippen molar-refractivity contribution in [3.05, 3.63) is 29.5 Å². The first-order valence-electron chi connectivity index (χ1n) is 7.44. The van der Waals surface area contributed by atoms with Crippen LogP contribution in [0, 0.1) is 6.92 Å². The third-order valence-electron chi connectivity index (χ3n) is 3.83. The summed E-state index contributed by atoms with van der Waals surface area (Å²) in [6.07, 6.45) is 1.97. The molecule has 0 aliphatic rings. The summed E-state index contributed by atoms with van der Waals surface area (Å²) in [7, 11) is 8.32. The van der Waals surface area contributed by atoms with E-state index in [4.69, 9.17) is 10.7 Å².